The van der Waals surface area contributed by atoms with E-state index in [2.05, 4.69) is 15.9 Å². The lowest BCUT2D eigenvalue weighted by Gasteiger charge is -2.13. The van der Waals surface area contributed by atoms with Gasteiger partial charge >= 0.3 is 0 Å². The molecule has 1 aromatic rings. The summed E-state index contributed by atoms with van der Waals surface area (Å²) in [4.78, 5) is 14.6. The van der Waals surface area contributed by atoms with Crippen LogP contribution in [-0.2, 0) is 0 Å². The van der Waals surface area contributed by atoms with E-state index in [1.165, 1.54) is 0 Å². The average Bonchev–Trinajstić information content (AvgIpc) is 2.42. The molecule has 0 saturated heterocycles. The fourth-order valence-corrected chi connectivity index (χ4v) is 2.75. The van der Waals surface area contributed by atoms with E-state index in [0.29, 0.717) is 0 Å². The number of aryl methyl sites for hydroxylation is 1. The number of thiophene rings is 1. The molecule has 0 aliphatic carbocycles. The Morgan fingerprint density at radius 2 is 2.31 bits per heavy atom. The van der Waals surface area contributed by atoms with E-state index in [4.69, 9.17) is 0 Å². The van der Waals surface area contributed by atoms with E-state index < -0.39 is 0 Å². The van der Waals surface area contributed by atoms with Gasteiger partial charge in [-0.25, -0.2) is 0 Å². The van der Waals surface area contributed by atoms with Gasteiger partial charge in [0.2, 0.25) is 0 Å². The maximum absolute atomic E-state index is 11.7. The summed E-state index contributed by atoms with van der Waals surface area (Å²) in [6.07, 6.45) is 0. The van der Waals surface area contributed by atoms with Gasteiger partial charge in [-0.1, -0.05) is 0 Å². The number of carbonyl (C=O) groups is 1. The van der Waals surface area contributed by atoms with Crippen LogP contribution in [0.25, 0.3) is 0 Å². The SMILES string of the molecule is CCN(C)C(=O)c1cc(C)sc1Br. The number of amides is 1. The standard InChI is InChI=1S/C9H12BrNOS/c1-4-11(3)9(12)7-5-6(2)13-8(7)10/h5H,4H2,1-3H3. The molecule has 0 spiro atoms. The monoisotopic (exact) mass is 261 g/mol. The van der Waals surface area contributed by atoms with Crippen LogP contribution in [0, 0.1) is 6.92 Å². The van der Waals surface area contributed by atoms with E-state index in [1.807, 2.05) is 27.0 Å². The Morgan fingerprint density at radius 3 is 2.69 bits per heavy atom. The maximum Gasteiger partial charge on any atom is 0.255 e. The number of nitrogens with zero attached hydrogens (tertiary/aromatic N) is 1. The van der Waals surface area contributed by atoms with Crippen molar-refractivity contribution in [3.8, 4) is 0 Å². The second-order valence-electron chi connectivity index (χ2n) is 2.86. The van der Waals surface area contributed by atoms with Gasteiger partial charge in [0.05, 0.1) is 9.35 Å². The quantitative estimate of drug-likeness (QED) is 0.802. The van der Waals surface area contributed by atoms with Gasteiger partial charge < -0.3 is 4.90 Å². The van der Waals surface area contributed by atoms with Crippen LogP contribution in [0.2, 0.25) is 0 Å². The van der Waals surface area contributed by atoms with Crippen molar-refractivity contribution in [2.24, 2.45) is 0 Å². The average molecular weight is 262 g/mol. The molecule has 1 rings (SSSR count). The smallest absolute Gasteiger partial charge is 0.255 e. The third kappa shape index (κ3) is 2.31. The minimum absolute atomic E-state index is 0.0822. The molecule has 13 heavy (non-hydrogen) atoms. The third-order valence-electron chi connectivity index (χ3n) is 1.86. The van der Waals surface area contributed by atoms with Gasteiger partial charge in [0.1, 0.15) is 0 Å². The normalized spacial score (nSPS) is 10.2. The molecule has 4 heteroatoms. The first-order valence-electron chi connectivity index (χ1n) is 4.07. The predicted octanol–water partition coefficient (Wildman–Crippen LogP) is 2.91. The molecule has 1 heterocycles. The van der Waals surface area contributed by atoms with E-state index in [9.17, 15) is 4.79 Å². The van der Waals surface area contributed by atoms with Gasteiger partial charge in [-0.3, -0.25) is 4.79 Å². The lowest BCUT2D eigenvalue weighted by atomic mass is 10.3. The third-order valence-corrected chi connectivity index (χ3v) is 3.61. The van der Waals surface area contributed by atoms with Crippen LogP contribution in [-0.4, -0.2) is 24.4 Å². The highest BCUT2D eigenvalue weighted by molar-refractivity contribution is 9.11. The van der Waals surface area contributed by atoms with Gasteiger partial charge in [-0.15, -0.1) is 11.3 Å². The topological polar surface area (TPSA) is 20.3 Å². The molecule has 0 saturated carbocycles. The van der Waals surface area contributed by atoms with Crippen LogP contribution in [0.3, 0.4) is 0 Å². The molecule has 0 radical (unpaired) electrons. The fraction of sp³-hybridized carbons (Fsp3) is 0.444. The van der Waals surface area contributed by atoms with Crippen LogP contribution in [0.4, 0.5) is 0 Å². The van der Waals surface area contributed by atoms with Crippen molar-refractivity contribution < 1.29 is 4.79 Å². The highest BCUT2D eigenvalue weighted by Crippen LogP contribution is 2.28. The van der Waals surface area contributed by atoms with Gasteiger partial charge in [0.15, 0.2) is 0 Å². The summed E-state index contributed by atoms with van der Waals surface area (Å²) in [5.41, 5.74) is 0.770. The van der Waals surface area contributed by atoms with Crippen molar-refractivity contribution in [2.45, 2.75) is 13.8 Å². The van der Waals surface area contributed by atoms with Crippen LogP contribution in [0.15, 0.2) is 9.85 Å². The van der Waals surface area contributed by atoms with Gasteiger partial charge in [-0.2, -0.15) is 0 Å². The zero-order valence-corrected chi connectivity index (χ0v) is 10.3. The van der Waals surface area contributed by atoms with E-state index in [-0.39, 0.29) is 5.91 Å². The van der Waals surface area contributed by atoms with Gasteiger partial charge in [0.25, 0.3) is 5.91 Å². The first-order chi connectivity index (χ1) is 6.06. The maximum atomic E-state index is 11.7. The number of halogens is 1. The minimum atomic E-state index is 0.0822. The largest absolute Gasteiger partial charge is 0.342 e. The molecule has 0 fully saturated rings. The minimum Gasteiger partial charge on any atom is -0.342 e. The molecule has 0 atom stereocenters. The summed E-state index contributed by atoms with van der Waals surface area (Å²) in [6, 6.07) is 1.92. The highest BCUT2D eigenvalue weighted by Gasteiger charge is 2.15. The second kappa shape index (κ2) is 4.24. The first-order valence-corrected chi connectivity index (χ1v) is 5.68. The predicted molar refractivity (Wildman–Crippen MR) is 59.4 cm³/mol. The van der Waals surface area contributed by atoms with Crippen molar-refractivity contribution in [3.05, 3.63) is 20.3 Å². The molecule has 1 amide bonds. The molecule has 2 nitrogen and oxygen atoms in total. The van der Waals surface area contributed by atoms with Crippen LogP contribution in [0.5, 0.6) is 0 Å². The van der Waals surface area contributed by atoms with Gasteiger partial charge in [-0.05, 0) is 35.8 Å². The first kappa shape index (κ1) is 10.7. The van der Waals surface area contributed by atoms with Crippen LogP contribution in [0.1, 0.15) is 22.2 Å². The zero-order chi connectivity index (χ0) is 10.0. The Morgan fingerprint density at radius 1 is 1.69 bits per heavy atom. The summed E-state index contributed by atoms with van der Waals surface area (Å²) in [7, 11) is 1.81. The Balaban J connectivity index is 2.94. The van der Waals surface area contributed by atoms with Gasteiger partial charge in [0, 0.05) is 18.5 Å². The molecular formula is C9H12BrNOS. The van der Waals surface area contributed by atoms with Crippen molar-refractivity contribution >= 4 is 33.2 Å². The molecule has 1 aromatic heterocycles. The van der Waals surface area contributed by atoms with Crippen LogP contribution >= 0.6 is 27.3 Å². The van der Waals surface area contributed by atoms with Crippen molar-refractivity contribution in [2.75, 3.05) is 13.6 Å². The van der Waals surface area contributed by atoms with Crippen molar-refractivity contribution in [1.82, 2.24) is 4.90 Å². The van der Waals surface area contributed by atoms with Crippen molar-refractivity contribution in [1.29, 1.82) is 0 Å². The lowest BCUT2D eigenvalue weighted by molar-refractivity contribution is 0.0802. The molecule has 0 unspecified atom stereocenters. The molecule has 72 valence electrons. The van der Waals surface area contributed by atoms with E-state index in [0.717, 1.165) is 20.8 Å². The zero-order valence-electron chi connectivity index (χ0n) is 7.93. The molecular weight excluding hydrogens is 250 g/mol. The number of hydrogen-bond donors (Lipinski definition) is 0. The molecule has 0 N–H and O–H groups in total. The Bertz CT molecular complexity index is 321. The lowest BCUT2D eigenvalue weighted by Crippen LogP contribution is -2.25. The Labute approximate surface area is 90.7 Å². The van der Waals surface area contributed by atoms with Crippen molar-refractivity contribution in [3.63, 3.8) is 0 Å². The molecule has 0 bridgehead atoms. The molecule has 0 aromatic carbocycles. The van der Waals surface area contributed by atoms with E-state index in [1.54, 1.807) is 16.2 Å². The summed E-state index contributed by atoms with van der Waals surface area (Å²) < 4.78 is 0.926. The second-order valence-corrected chi connectivity index (χ2v) is 5.44. The number of rotatable bonds is 2. The van der Waals surface area contributed by atoms with E-state index >= 15 is 0 Å². The summed E-state index contributed by atoms with van der Waals surface area (Å²) >= 11 is 4.98. The highest BCUT2D eigenvalue weighted by atomic mass is 79.9. The molecule has 0 aliphatic heterocycles. The molecule has 0 aliphatic rings. The Kier molecular flexibility index (Phi) is 3.50. The Hall–Kier alpha value is -0.350. The summed E-state index contributed by atoms with van der Waals surface area (Å²) in [5.74, 6) is 0.0822. The summed E-state index contributed by atoms with van der Waals surface area (Å²) in [6.45, 7) is 4.70. The summed E-state index contributed by atoms with van der Waals surface area (Å²) in [5, 5.41) is 0. The number of hydrogen-bond acceptors (Lipinski definition) is 2. The fourth-order valence-electron chi connectivity index (χ4n) is 0.981. The number of carbonyl (C=O) groups excluding carboxylic acids is 1. The van der Waals surface area contributed by atoms with Crippen LogP contribution < -0.4 is 0 Å².